The van der Waals surface area contributed by atoms with Crippen molar-refractivity contribution < 1.29 is 9.90 Å². The highest BCUT2D eigenvalue weighted by Crippen LogP contribution is 2.22. The van der Waals surface area contributed by atoms with Crippen molar-refractivity contribution in [3.8, 4) is 0 Å². The average molecular weight is 249 g/mol. The maximum atomic E-state index is 10.7. The molecule has 100 valence electrons. The number of hydrogen-bond donors (Lipinski definition) is 2. The normalized spacial score (nSPS) is 13.3. The number of aliphatic carboxylic acids is 1. The Bertz CT molecular complexity index is 390. The second-order valence-electron chi connectivity index (χ2n) is 5.73. The van der Waals surface area contributed by atoms with Gasteiger partial charge in [0.05, 0.1) is 6.42 Å². The molecule has 0 bridgehead atoms. The van der Waals surface area contributed by atoms with E-state index in [1.807, 2.05) is 0 Å². The van der Waals surface area contributed by atoms with E-state index >= 15 is 0 Å². The van der Waals surface area contributed by atoms with Crippen molar-refractivity contribution in [1.82, 2.24) is 5.32 Å². The van der Waals surface area contributed by atoms with Crippen molar-refractivity contribution >= 4 is 5.97 Å². The van der Waals surface area contributed by atoms with Crippen LogP contribution in [0.15, 0.2) is 24.3 Å². The first-order valence-corrected chi connectivity index (χ1v) is 6.31. The van der Waals surface area contributed by atoms with Crippen LogP contribution < -0.4 is 5.32 Å². The number of carboxylic acids is 1. The molecule has 1 atom stereocenters. The van der Waals surface area contributed by atoms with E-state index in [2.05, 4.69) is 50.4 Å². The van der Waals surface area contributed by atoms with Gasteiger partial charge < -0.3 is 10.4 Å². The Hall–Kier alpha value is -1.35. The lowest BCUT2D eigenvalue weighted by atomic mass is 9.86. The van der Waals surface area contributed by atoms with Crippen LogP contribution >= 0.6 is 0 Å². The van der Waals surface area contributed by atoms with Crippen LogP contribution in [0.1, 0.15) is 38.3 Å². The second kappa shape index (κ2) is 6.01. The smallest absolute Gasteiger partial charge is 0.304 e. The highest BCUT2D eigenvalue weighted by molar-refractivity contribution is 5.67. The number of carboxylic acid groups (broad SMARTS) is 1. The standard InChI is InChI=1S/C15H23NO2/c1-15(2,3)12-7-5-11(6-8-12)9-13(16-4)10-14(17)18/h5-8,13,16H,9-10H2,1-4H3,(H,17,18). The van der Waals surface area contributed by atoms with E-state index in [1.54, 1.807) is 7.05 Å². The van der Waals surface area contributed by atoms with Crippen LogP contribution in [-0.2, 0) is 16.6 Å². The Morgan fingerprint density at radius 1 is 1.28 bits per heavy atom. The monoisotopic (exact) mass is 249 g/mol. The minimum Gasteiger partial charge on any atom is -0.481 e. The van der Waals surface area contributed by atoms with Gasteiger partial charge in [-0.2, -0.15) is 0 Å². The molecular formula is C15H23NO2. The van der Waals surface area contributed by atoms with E-state index in [4.69, 9.17) is 5.11 Å². The predicted molar refractivity (Wildman–Crippen MR) is 73.9 cm³/mol. The maximum absolute atomic E-state index is 10.7. The molecule has 18 heavy (non-hydrogen) atoms. The van der Waals surface area contributed by atoms with Crippen molar-refractivity contribution in [3.63, 3.8) is 0 Å². The Labute approximate surface area is 109 Å². The van der Waals surface area contributed by atoms with Gasteiger partial charge in [-0.1, -0.05) is 45.0 Å². The molecule has 0 radical (unpaired) electrons. The lowest BCUT2D eigenvalue weighted by Gasteiger charge is -2.20. The molecule has 0 saturated heterocycles. The van der Waals surface area contributed by atoms with Gasteiger partial charge in [0.25, 0.3) is 0 Å². The minimum atomic E-state index is -0.763. The molecule has 0 aliphatic rings. The summed E-state index contributed by atoms with van der Waals surface area (Å²) in [5.41, 5.74) is 2.62. The van der Waals surface area contributed by atoms with Gasteiger partial charge in [-0.15, -0.1) is 0 Å². The minimum absolute atomic E-state index is 0.0111. The van der Waals surface area contributed by atoms with Crippen LogP contribution in [-0.4, -0.2) is 24.2 Å². The molecule has 0 fully saturated rings. The van der Waals surface area contributed by atoms with Gasteiger partial charge in [0, 0.05) is 6.04 Å². The van der Waals surface area contributed by atoms with Crippen molar-refractivity contribution in [2.45, 2.75) is 45.1 Å². The Morgan fingerprint density at radius 2 is 1.83 bits per heavy atom. The SMILES string of the molecule is CNC(CC(=O)O)Cc1ccc(C(C)(C)C)cc1. The fourth-order valence-corrected chi connectivity index (χ4v) is 1.91. The molecule has 3 heteroatoms. The first-order chi connectivity index (χ1) is 8.32. The van der Waals surface area contributed by atoms with Crippen LogP contribution in [0.3, 0.4) is 0 Å². The van der Waals surface area contributed by atoms with Crippen molar-refractivity contribution in [1.29, 1.82) is 0 Å². The summed E-state index contributed by atoms with van der Waals surface area (Å²) in [5, 5.41) is 11.8. The third-order valence-electron chi connectivity index (χ3n) is 3.13. The number of nitrogens with one attached hydrogen (secondary N) is 1. The van der Waals surface area contributed by atoms with Crippen LogP contribution in [0.4, 0.5) is 0 Å². The number of rotatable bonds is 5. The molecule has 0 aromatic heterocycles. The summed E-state index contributed by atoms with van der Waals surface area (Å²) >= 11 is 0. The first kappa shape index (κ1) is 14.7. The molecule has 0 saturated carbocycles. The molecule has 1 aromatic rings. The lowest BCUT2D eigenvalue weighted by molar-refractivity contribution is -0.137. The fraction of sp³-hybridized carbons (Fsp3) is 0.533. The predicted octanol–water partition coefficient (Wildman–Crippen LogP) is 2.59. The van der Waals surface area contributed by atoms with Gasteiger partial charge in [-0.25, -0.2) is 0 Å². The van der Waals surface area contributed by atoms with Crippen LogP contribution in [0.25, 0.3) is 0 Å². The third kappa shape index (κ3) is 4.49. The molecule has 1 aromatic carbocycles. The molecule has 0 aliphatic carbocycles. The summed E-state index contributed by atoms with van der Waals surface area (Å²) in [7, 11) is 1.80. The average Bonchev–Trinajstić information content (AvgIpc) is 2.27. The number of hydrogen-bond acceptors (Lipinski definition) is 2. The van der Waals surface area contributed by atoms with E-state index in [0.29, 0.717) is 0 Å². The van der Waals surface area contributed by atoms with E-state index in [9.17, 15) is 4.79 Å². The number of carbonyl (C=O) groups is 1. The summed E-state index contributed by atoms with van der Waals surface area (Å²) in [5.74, 6) is -0.763. The zero-order valence-corrected chi connectivity index (χ0v) is 11.7. The van der Waals surface area contributed by atoms with Crippen LogP contribution in [0, 0.1) is 0 Å². The molecule has 0 spiro atoms. The largest absolute Gasteiger partial charge is 0.481 e. The quantitative estimate of drug-likeness (QED) is 0.843. The van der Waals surface area contributed by atoms with Gasteiger partial charge >= 0.3 is 5.97 Å². The van der Waals surface area contributed by atoms with Gasteiger partial charge in [-0.3, -0.25) is 4.79 Å². The van der Waals surface area contributed by atoms with Gasteiger partial charge in [0.1, 0.15) is 0 Å². The zero-order valence-electron chi connectivity index (χ0n) is 11.7. The van der Waals surface area contributed by atoms with Crippen LogP contribution in [0.2, 0.25) is 0 Å². The molecule has 1 unspecified atom stereocenters. The van der Waals surface area contributed by atoms with Crippen LogP contribution in [0.5, 0.6) is 0 Å². The highest BCUT2D eigenvalue weighted by atomic mass is 16.4. The Kier molecular flexibility index (Phi) is 4.91. The molecule has 2 N–H and O–H groups in total. The Morgan fingerprint density at radius 3 is 2.22 bits per heavy atom. The van der Waals surface area contributed by atoms with Crippen molar-refractivity contribution in [2.75, 3.05) is 7.05 Å². The summed E-state index contributed by atoms with van der Waals surface area (Å²) in [6, 6.07) is 8.42. The molecule has 1 rings (SSSR count). The number of benzene rings is 1. The van der Waals surface area contributed by atoms with Gasteiger partial charge in [0.15, 0.2) is 0 Å². The molecule has 0 aliphatic heterocycles. The van der Waals surface area contributed by atoms with Crippen molar-refractivity contribution in [3.05, 3.63) is 35.4 Å². The highest BCUT2D eigenvalue weighted by Gasteiger charge is 2.14. The van der Waals surface area contributed by atoms with Gasteiger partial charge in [0.2, 0.25) is 0 Å². The Balaban J connectivity index is 2.71. The first-order valence-electron chi connectivity index (χ1n) is 6.31. The summed E-state index contributed by atoms with van der Waals surface area (Å²) in [6.45, 7) is 6.55. The molecule has 0 heterocycles. The van der Waals surface area contributed by atoms with E-state index < -0.39 is 5.97 Å². The number of likely N-dealkylation sites (N-methyl/N-ethyl adjacent to an activating group) is 1. The fourth-order valence-electron chi connectivity index (χ4n) is 1.91. The lowest BCUT2D eigenvalue weighted by Crippen LogP contribution is -2.30. The van der Waals surface area contributed by atoms with E-state index in [-0.39, 0.29) is 17.9 Å². The summed E-state index contributed by atoms with van der Waals surface area (Å²) < 4.78 is 0. The summed E-state index contributed by atoms with van der Waals surface area (Å²) in [6.07, 6.45) is 0.894. The van der Waals surface area contributed by atoms with Gasteiger partial charge in [-0.05, 0) is 30.0 Å². The van der Waals surface area contributed by atoms with E-state index in [1.165, 1.54) is 11.1 Å². The second-order valence-corrected chi connectivity index (χ2v) is 5.73. The summed E-state index contributed by atoms with van der Waals surface area (Å²) in [4.78, 5) is 10.7. The van der Waals surface area contributed by atoms with E-state index in [0.717, 1.165) is 6.42 Å². The van der Waals surface area contributed by atoms with Crippen molar-refractivity contribution in [2.24, 2.45) is 0 Å². The molecular weight excluding hydrogens is 226 g/mol. The molecule has 0 amide bonds. The third-order valence-corrected chi connectivity index (χ3v) is 3.13. The topological polar surface area (TPSA) is 49.3 Å². The maximum Gasteiger partial charge on any atom is 0.304 e. The molecule has 3 nitrogen and oxygen atoms in total. The zero-order chi connectivity index (χ0) is 13.8.